The van der Waals surface area contributed by atoms with Gasteiger partial charge in [-0.3, -0.25) is 9.59 Å². The SMILES string of the molecule is CC(=O)Nc1ccc(N2CC(CS(=O)(=O)F)CC2=O)c(C(=O)O)c1. The minimum absolute atomic E-state index is 0.0698. The molecule has 1 saturated heterocycles. The van der Waals surface area contributed by atoms with Crippen molar-refractivity contribution >= 4 is 39.4 Å². The highest BCUT2D eigenvalue weighted by molar-refractivity contribution is 7.86. The van der Waals surface area contributed by atoms with Gasteiger partial charge in [-0.2, -0.15) is 8.42 Å². The van der Waals surface area contributed by atoms with Gasteiger partial charge in [-0.15, -0.1) is 3.89 Å². The first-order chi connectivity index (χ1) is 11.1. The highest BCUT2D eigenvalue weighted by atomic mass is 32.3. The van der Waals surface area contributed by atoms with Crippen molar-refractivity contribution in [3.63, 3.8) is 0 Å². The average Bonchev–Trinajstić information content (AvgIpc) is 2.76. The summed E-state index contributed by atoms with van der Waals surface area (Å²) in [6.07, 6.45) is -0.185. The first-order valence-electron chi connectivity index (χ1n) is 6.94. The molecule has 1 aromatic rings. The fraction of sp³-hybridized carbons (Fsp3) is 0.357. The van der Waals surface area contributed by atoms with Crippen LogP contribution in [0.2, 0.25) is 0 Å². The lowest BCUT2D eigenvalue weighted by Crippen LogP contribution is -2.27. The number of hydrogen-bond acceptors (Lipinski definition) is 5. The third-order valence-corrected chi connectivity index (χ3v) is 4.35. The van der Waals surface area contributed by atoms with Crippen molar-refractivity contribution in [2.75, 3.05) is 22.5 Å². The van der Waals surface area contributed by atoms with E-state index >= 15 is 0 Å². The molecule has 1 aliphatic rings. The van der Waals surface area contributed by atoms with Gasteiger partial charge in [0.25, 0.3) is 0 Å². The molecule has 1 heterocycles. The number of rotatable bonds is 5. The number of hydrogen-bond donors (Lipinski definition) is 2. The van der Waals surface area contributed by atoms with Crippen molar-refractivity contribution in [1.29, 1.82) is 0 Å². The molecule has 1 atom stereocenters. The van der Waals surface area contributed by atoms with E-state index in [9.17, 15) is 31.8 Å². The molecule has 0 spiro atoms. The van der Waals surface area contributed by atoms with E-state index in [1.165, 1.54) is 25.1 Å². The van der Waals surface area contributed by atoms with Crippen LogP contribution in [-0.4, -0.2) is 43.6 Å². The first kappa shape index (κ1) is 17.9. The zero-order valence-electron chi connectivity index (χ0n) is 12.7. The van der Waals surface area contributed by atoms with E-state index in [0.29, 0.717) is 0 Å². The number of carbonyl (C=O) groups is 3. The number of nitrogens with zero attached hydrogens (tertiary/aromatic N) is 1. The quantitative estimate of drug-likeness (QED) is 0.758. The second kappa shape index (κ2) is 6.56. The monoisotopic (exact) mass is 358 g/mol. The molecule has 24 heavy (non-hydrogen) atoms. The number of benzene rings is 1. The number of carbonyl (C=O) groups excluding carboxylic acids is 2. The van der Waals surface area contributed by atoms with Crippen LogP contribution in [0, 0.1) is 5.92 Å². The van der Waals surface area contributed by atoms with Gasteiger partial charge in [0.1, 0.15) is 0 Å². The average molecular weight is 358 g/mol. The van der Waals surface area contributed by atoms with E-state index in [1.54, 1.807) is 0 Å². The molecular formula is C14H15FN2O6S. The maximum atomic E-state index is 12.8. The molecule has 2 N–H and O–H groups in total. The molecule has 1 aromatic carbocycles. The van der Waals surface area contributed by atoms with Crippen LogP contribution in [-0.2, 0) is 19.8 Å². The molecule has 1 fully saturated rings. The van der Waals surface area contributed by atoms with Gasteiger partial charge < -0.3 is 15.3 Å². The molecular weight excluding hydrogens is 343 g/mol. The van der Waals surface area contributed by atoms with E-state index in [4.69, 9.17) is 0 Å². The van der Waals surface area contributed by atoms with Crippen molar-refractivity contribution in [3.05, 3.63) is 23.8 Å². The highest BCUT2D eigenvalue weighted by Crippen LogP contribution is 2.31. The molecule has 8 nitrogen and oxygen atoms in total. The molecule has 130 valence electrons. The molecule has 1 aliphatic heterocycles. The topological polar surface area (TPSA) is 121 Å². The van der Waals surface area contributed by atoms with Crippen LogP contribution in [0.15, 0.2) is 18.2 Å². The number of nitrogens with one attached hydrogen (secondary N) is 1. The van der Waals surface area contributed by atoms with Crippen LogP contribution >= 0.6 is 0 Å². The number of aromatic carboxylic acids is 1. The lowest BCUT2D eigenvalue weighted by Gasteiger charge is -2.19. The third kappa shape index (κ3) is 4.28. The largest absolute Gasteiger partial charge is 0.478 e. The lowest BCUT2D eigenvalue weighted by molar-refractivity contribution is -0.117. The minimum Gasteiger partial charge on any atom is -0.478 e. The Hall–Kier alpha value is -2.49. The van der Waals surface area contributed by atoms with E-state index in [0.717, 1.165) is 4.90 Å². The number of amides is 2. The molecule has 0 saturated carbocycles. The number of carboxylic acid groups (broad SMARTS) is 1. The molecule has 10 heteroatoms. The van der Waals surface area contributed by atoms with E-state index in [-0.39, 0.29) is 35.8 Å². The summed E-state index contributed by atoms with van der Waals surface area (Å²) in [5.41, 5.74) is 0.0943. The van der Waals surface area contributed by atoms with Crippen LogP contribution in [0.25, 0.3) is 0 Å². The third-order valence-electron chi connectivity index (χ3n) is 3.48. The molecule has 0 aliphatic carbocycles. The van der Waals surface area contributed by atoms with Crippen molar-refractivity contribution in [2.24, 2.45) is 5.92 Å². The van der Waals surface area contributed by atoms with E-state index in [1.807, 2.05) is 0 Å². The van der Waals surface area contributed by atoms with E-state index in [2.05, 4.69) is 5.32 Å². The maximum Gasteiger partial charge on any atom is 0.337 e. The summed E-state index contributed by atoms with van der Waals surface area (Å²) in [5, 5.41) is 11.8. The Morgan fingerprint density at radius 2 is 2.08 bits per heavy atom. The van der Waals surface area contributed by atoms with Crippen molar-refractivity contribution in [2.45, 2.75) is 13.3 Å². The standard InChI is InChI=1S/C14H15FN2O6S/c1-8(18)16-10-2-3-12(11(5-10)14(20)21)17-6-9(4-13(17)19)7-24(15,22)23/h2-3,5,9H,4,6-7H2,1H3,(H,16,18)(H,20,21). The second-order valence-electron chi connectivity index (χ2n) is 5.50. The predicted octanol–water partition coefficient (Wildman–Crippen LogP) is 0.995. The van der Waals surface area contributed by atoms with Crippen LogP contribution in [0.4, 0.5) is 15.3 Å². The fourth-order valence-corrected chi connectivity index (χ4v) is 3.42. The fourth-order valence-electron chi connectivity index (χ4n) is 2.63. The highest BCUT2D eigenvalue weighted by Gasteiger charge is 2.35. The molecule has 2 amide bonds. The van der Waals surface area contributed by atoms with Crippen molar-refractivity contribution in [3.8, 4) is 0 Å². The van der Waals surface area contributed by atoms with Gasteiger partial charge in [0, 0.05) is 31.5 Å². The van der Waals surface area contributed by atoms with Crippen molar-refractivity contribution < 1.29 is 31.8 Å². The Morgan fingerprint density at radius 1 is 1.42 bits per heavy atom. The summed E-state index contributed by atoms with van der Waals surface area (Å²) < 4.78 is 34.2. The summed E-state index contributed by atoms with van der Waals surface area (Å²) in [4.78, 5) is 35.7. The maximum absolute atomic E-state index is 12.8. The van der Waals surface area contributed by atoms with E-state index < -0.39 is 33.8 Å². The predicted molar refractivity (Wildman–Crippen MR) is 83.1 cm³/mol. The second-order valence-corrected chi connectivity index (χ2v) is 6.91. The van der Waals surface area contributed by atoms with Gasteiger partial charge in [0.05, 0.1) is 17.0 Å². The van der Waals surface area contributed by atoms with Crippen molar-refractivity contribution in [1.82, 2.24) is 0 Å². The zero-order valence-corrected chi connectivity index (χ0v) is 13.5. The number of anilines is 2. The Balaban J connectivity index is 2.32. The Labute approximate surface area is 137 Å². The number of carboxylic acids is 1. The Bertz CT molecular complexity index is 807. The van der Waals surface area contributed by atoms with Crippen LogP contribution in [0.1, 0.15) is 23.7 Å². The summed E-state index contributed by atoms with van der Waals surface area (Å²) in [6, 6.07) is 3.97. The van der Waals surface area contributed by atoms with Gasteiger partial charge in [-0.1, -0.05) is 0 Å². The van der Waals surface area contributed by atoms with Crippen LogP contribution in [0.3, 0.4) is 0 Å². The molecule has 0 radical (unpaired) electrons. The first-order valence-corrected chi connectivity index (χ1v) is 8.49. The number of halogens is 1. The van der Waals surface area contributed by atoms with Crippen LogP contribution in [0.5, 0.6) is 0 Å². The lowest BCUT2D eigenvalue weighted by atomic mass is 10.1. The van der Waals surface area contributed by atoms with Crippen LogP contribution < -0.4 is 10.2 Å². The smallest absolute Gasteiger partial charge is 0.337 e. The molecule has 0 bridgehead atoms. The summed E-state index contributed by atoms with van der Waals surface area (Å²) in [5.74, 6) is -3.72. The summed E-state index contributed by atoms with van der Waals surface area (Å²) in [6.45, 7) is 1.17. The van der Waals surface area contributed by atoms with Gasteiger partial charge in [0.2, 0.25) is 11.8 Å². The zero-order chi connectivity index (χ0) is 18.1. The Kier molecular flexibility index (Phi) is 4.88. The molecule has 0 aromatic heterocycles. The summed E-state index contributed by atoms with van der Waals surface area (Å²) in [7, 11) is -4.73. The normalized spacial score (nSPS) is 17.8. The van der Waals surface area contributed by atoms with Gasteiger partial charge in [-0.05, 0) is 18.2 Å². The Morgan fingerprint density at radius 3 is 2.62 bits per heavy atom. The van der Waals surface area contributed by atoms with Gasteiger partial charge >= 0.3 is 16.2 Å². The van der Waals surface area contributed by atoms with Gasteiger partial charge in [0.15, 0.2) is 0 Å². The minimum atomic E-state index is -4.73. The summed E-state index contributed by atoms with van der Waals surface area (Å²) >= 11 is 0. The molecule has 2 rings (SSSR count). The van der Waals surface area contributed by atoms with Gasteiger partial charge in [-0.25, -0.2) is 4.79 Å². The molecule has 1 unspecified atom stereocenters.